The molecule has 0 N–H and O–H groups in total. The molecule has 2 unspecified atom stereocenters. The molecule has 0 aliphatic carbocycles. The summed E-state index contributed by atoms with van der Waals surface area (Å²) in [6.45, 7) is 3.22. The molecule has 2 aromatic rings. The maximum atomic E-state index is 13.4. The zero-order valence-electron chi connectivity index (χ0n) is 16.0. The van der Waals surface area contributed by atoms with E-state index in [0.29, 0.717) is 22.9 Å². The normalized spacial score (nSPS) is 19.2. The van der Waals surface area contributed by atoms with E-state index in [-0.39, 0.29) is 27.4 Å². The van der Waals surface area contributed by atoms with Crippen molar-refractivity contribution in [2.75, 3.05) is 18.1 Å². The van der Waals surface area contributed by atoms with Gasteiger partial charge in [0.1, 0.15) is 10.7 Å². The Kier molecular flexibility index (Phi) is 6.50. The lowest BCUT2D eigenvalue weighted by atomic mass is 10.1. The number of fused-ring (bicyclic) bond motifs is 1. The van der Waals surface area contributed by atoms with Gasteiger partial charge in [-0.2, -0.15) is 0 Å². The molecule has 29 heavy (non-hydrogen) atoms. The van der Waals surface area contributed by atoms with Crippen molar-refractivity contribution >= 4 is 54.7 Å². The molecular weight excluding hydrogens is 441 g/mol. The topological polar surface area (TPSA) is 80.8 Å². The summed E-state index contributed by atoms with van der Waals surface area (Å²) in [6.07, 6.45) is 1.02. The highest BCUT2D eigenvalue weighted by Gasteiger charge is 2.37. The van der Waals surface area contributed by atoms with Gasteiger partial charge in [-0.05, 0) is 38.0 Å². The SMILES string of the molecule is CCC(C)N(C(=O)COC(=O)c1sc2cc(F)ccc2c1Cl)C1CCS(=O)(=O)C1. The third-order valence-electron chi connectivity index (χ3n) is 5.06. The van der Waals surface area contributed by atoms with Crippen LogP contribution in [-0.4, -0.2) is 55.4 Å². The minimum Gasteiger partial charge on any atom is -0.451 e. The van der Waals surface area contributed by atoms with Crippen LogP contribution in [0.5, 0.6) is 0 Å². The molecule has 2 atom stereocenters. The van der Waals surface area contributed by atoms with Crippen molar-refractivity contribution in [1.82, 2.24) is 4.90 Å². The molecule has 1 aliphatic heterocycles. The average Bonchev–Trinajstić information content (AvgIpc) is 3.18. The minimum atomic E-state index is -3.16. The number of carbonyl (C=O) groups excluding carboxylic acids is 2. The van der Waals surface area contributed by atoms with Gasteiger partial charge < -0.3 is 9.64 Å². The molecule has 0 saturated carbocycles. The molecule has 0 bridgehead atoms. The monoisotopic (exact) mass is 461 g/mol. The summed E-state index contributed by atoms with van der Waals surface area (Å²) in [7, 11) is -3.16. The van der Waals surface area contributed by atoms with Crippen LogP contribution < -0.4 is 0 Å². The van der Waals surface area contributed by atoms with Crippen LogP contribution in [0.25, 0.3) is 10.1 Å². The van der Waals surface area contributed by atoms with Crippen LogP contribution in [0.2, 0.25) is 5.02 Å². The Morgan fingerprint density at radius 2 is 2.14 bits per heavy atom. The molecule has 3 rings (SSSR count). The van der Waals surface area contributed by atoms with Gasteiger partial charge in [-0.3, -0.25) is 4.79 Å². The number of ether oxygens (including phenoxy) is 1. The van der Waals surface area contributed by atoms with Crippen molar-refractivity contribution in [2.45, 2.75) is 38.8 Å². The van der Waals surface area contributed by atoms with Crippen LogP contribution in [0.15, 0.2) is 18.2 Å². The van der Waals surface area contributed by atoms with Crippen LogP contribution in [0.3, 0.4) is 0 Å². The Labute approximate surface area is 177 Å². The zero-order valence-corrected chi connectivity index (χ0v) is 18.4. The number of thiophene rings is 1. The first-order valence-electron chi connectivity index (χ1n) is 9.19. The third-order valence-corrected chi connectivity index (χ3v) is 8.45. The van der Waals surface area contributed by atoms with Crippen molar-refractivity contribution in [3.63, 3.8) is 0 Å². The molecule has 6 nitrogen and oxygen atoms in total. The molecule has 0 spiro atoms. The fourth-order valence-electron chi connectivity index (χ4n) is 3.44. The lowest BCUT2D eigenvalue weighted by Crippen LogP contribution is -2.48. The zero-order chi connectivity index (χ0) is 21.3. The molecule has 1 amide bonds. The first kappa shape index (κ1) is 22.0. The van der Waals surface area contributed by atoms with E-state index in [9.17, 15) is 22.4 Å². The number of sulfone groups is 1. The predicted octanol–water partition coefficient (Wildman–Crippen LogP) is 3.66. The number of esters is 1. The fourth-order valence-corrected chi connectivity index (χ4v) is 6.58. The Bertz CT molecular complexity index is 1050. The van der Waals surface area contributed by atoms with Gasteiger partial charge in [0.15, 0.2) is 16.4 Å². The van der Waals surface area contributed by atoms with Crippen LogP contribution in [0.1, 0.15) is 36.4 Å². The number of benzene rings is 1. The lowest BCUT2D eigenvalue weighted by Gasteiger charge is -2.33. The molecule has 0 radical (unpaired) electrons. The van der Waals surface area contributed by atoms with Gasteiger partial charge in [0.25, 0.3) is 5.91 Å². The number of amides is 1. The number of nitrogens with zero attached hydrogens (tertiary/aromatic N) is 1. The molecule has 1 aromatic carbocycles. The number of rotatable bonds is 6. The highest BCUT2D eigenvalue weighted by Crippen LogP contribution is 2.36. The molecule has 158 valence electrons. The van der Waals surface area contributed by atoms with Gasteiger partial charge in [0.05, 0.1) is 16.5 Å². The van der Waals surface area contributed by atoms with Crippen molar-refractivity contribution in [3.8, 4) is 0 Å². The summed E-state index contributed by atoms with van der Waals surface area (Å²) in [6, 6.07) is 3.40. The summed E-state index contributed by atoms with van der Waals surface area (Å²) < 4.78 is 42.7. The highest BCUT2D eigenvalue weighted by atomic mass is 35.5. The number of hydrogen-bond acceptors (Lipinski definition) is 6. The van der Waals surface area contributed by atoms with Crippen LogP contribution in [0.4, 0.5) is 4.39 Å². The third kappa shape index (κ3) is 4.73. The quantitative estimate of drug-likeness (QED) is 0.613. The van der Waals surface area contributed by atoms with E-state index in [2.05, 4.69) is 0 Å². The van der Waals surface area contributed by atoms with Crippen LogP contribution in [-0.2, 0) is 19.4 Å². The van der Waals surface area contributed by atoms with E-state index in [4.69, 9.17) is 16.3 Å². The first-order valence-corrected chi connectivity index (χ1v) is 12.2. The second-order valence-corrected chi connectivity index (χ2v) is 10.7. The van der Waals surface area contributed by atoms with Gasteiger partial charge in [0, 0.05) is 22.2 Å². The first-order chi connectivity index (χ1) is 13.6. The maximum absolute atomic E-state index is 13.4. The van der Waals surface area contributed by atoms with Crippen molar-refractivity contribution in [1.29, 1.82) is 0 Å². The number of carbonyl (C=O) groups is 2. The van der Waals surface area contributed by atoms with Crippen LogP contribution in [0, 0.1) is 5.82 Å². The van der Waals surface area contributed by atoms with Gasteiger partial charge >= 0.3 is 5.97 Å². The van der Waals surface area contributed by atoms with Gasteiger partial charge in [-0.1, -0.05) is 18.5 Å². The van der Waals surface area contributed by atoms with Crippen molar-refractivity contribution in [2.24, 2.45) is 0 Å². The molecule has 1 aromatic heterocycles. The van der Waals surface area contributed by atoms with E-state index in [0.717, 1.165) is 11.3 Å². The molecule has 1 saturated heterocycles. The van der Waals surface area contributed by atoms with E-state index in [1.54, 1.807) is 0 Å². The van der Waals surface area contributed by atoms with Gasteiger partial charge in [-0.25, -0.2) is 17.6 Å². The van der Waals surface area contributed by atoms with E-state index < -0.39 is 40.2 Å². The summed E-state index contributed by atoms with van der Waals surface area (Å²) in [5.74, 6) is -1.69. The van der Waals surface area contributed by atoms with Gasteiger partial charge in [-0.15, -0.1) is 11.3 Å². The predicted molar refractivity (Wildman–Crippen MR) is 111 cm³/mol. The Morgan fingerprint density at radius 1 is 1.41 bits per heavy atom. The Balaban J connectivity index is 1.72. The average molecular weight is 462 g/mol. The van der Waals surface area contributed by atoms with Crippen LogP contribution >= 0.6 is 22.9 Å². The van der Waals surface area contributed by atoms with E-state index in [1.807, 2.05) is 13.8 Å². The van der Waals surface area contributed by atoms with E-state index >= 15 is 0 Å². The summed E-state index contributed by atoms with van der Waals surface area (Å²) in [5.41, 5.74) is 0. The molecule has 10 heteroatoms. The fraction of sp³-hybridized carbons (Fsp3) is 0.474. The van der Waals surface area contributed by atoms with Crippen molar-refractivity contribution < 1.29 is 27.1 Å². The van der Waals surface area contributed by atoms with Gasteiger partial charge in [0.2, 0.25) is 0 Å². The maximum Gasteiger partial charge on any atom is 0.350 e. The molecular formula is C19H21ClFNO5S2. The highest BCUT2D eigenvalue weighted by molar-refractivity contribution is 7.91. The Hall–Kier alpha value is -1.71. The summed E-state index contributed by atoms with van der Waals surface area (Å²) in [5, 5.41) is 0.692. The lowest BCUT2D eigenvalue weighted by molar-refractivity contribution is -0.138. The smallest absolute Gasteiger partial charge is 0.350 e. The number of halogens is 2. The number of hydrogen-bond donors (Lipinski definition) is 0. The summed E-state index contributed by atoms with van der Waals surface area (Å²) in [4.78, 5) is 26.8. The van der Waals surface area contributed by atoms with E-state index in [1.165, 1.54) is 23.1 Å². The summed E-state index contributed by atoms with van der Waals surface area (Å²) >= 11 is 7.21. The minimum absolute atomic E-state index is 0.0472. The molecule has 1 aliphatic rings. The largest absolute Gasteiger partial charge is 0.451 e. The Morgan fingerprint density at radius 3 is 2.76 bits per heavy atom. The second kappa shape index (κ2) is 8.57. The molecule has 2 heterocycles. The second-order valence-electron chi connectivity index (χ2n) is 7.08. The standard InChI is InChI=1S/C19H21ClFNO5S2/c1-3-11(2)22(13-6-7-29(25,26)10-13)16(23)9-27-19(24)18-17(20)14-5-4-12(21)8-15(14)28-18/h4-5,8,11,13H,3,6-7,9-10H2,1-2H3. The molecule has 1 fully saturated rings. The van der Waals surface area contributed by atoms with Crippen molar-refractivity contribution in [3.05, 3.63) is 33.9 Å².